The van der Waals surface area contributed by atoms with Gasteiger partial charge in [-0.05, 0) is 91.9 Å². The summed E-state index contributed by atoms with van der Waals surface area (Å²) < 4.78 is 0.817. The number of carbonyl (C=O) groups excluding carboxylic acids is 2. The predicted molar refractivity (Wildman–Crippen MR) is 157 cm³/mol. The lowest BCUT2D eigenvalue weighted by Gasteiger charge is -2.29. The highest BCUT2D eigenvalue weighted by Crippen LogP contribution is 2.35. The Hall–Kier alpha value is -2.34. The number of halogens is 1. The molecule has 0 saturated carbocycles. The zero-order valence-electron chi connectivity index (χ0n) is 21.4. The number of carbonyl (C=O) groups is 2. The van der Waals surface area contributed by atoms with Crippen LogP contribution in [-0.2, 0) is 6.42 Å². The van der Waals surface area contributed by atoms with Crippen LogP contribution in [0.5, 0.6) is 0 Å². The molecule has 2 aliphatic heterocycles. The van der Waals surface area contributed by atoms with Crippen LogP contribution in [-0.4, -0.2) is 58.1 Å². The Morgan fingerprint density at radius 1 is 1.18 bits per heavy atom. The van der Waals surface area contributed by atoms with E-state index in [0.717, 1.165) is 52.1 Å². The highest BCUT2D eigenvalue weighted by molar-refractivity contribution is 14.1. The number of nitrogens with one attached hydrogen (secondary N) is 2. The summed E-state index contributed by atoms with van der Waals surface area (Å²) in [5.41, 5.74) is 2.94. The number of likely N-dealkylation sites (tertiary alicyclic amines) is 1. The molecule has 3 N–H and O–H groups in total. The largest absolute Gasteiger partial charge is 0.389 e. The minimum absolute atomic E-state index is 0.0272. The van der Waals surface area contributed by atoms with Crippen molar-refractivity contribution >= 4 is 45.7 Å². The first kappa shape index (κ1) is 27.2. The summed E-state index contributed by atoms with van der Waals surface area (Å²) in [4.78, 5) is 33.7. The van der Waals surface area contributed by atoms with Crippen molar-refractivity contribution in [1.82, 2.24) is 20.5 Å². The fourth-order valence-electron chi connectivity index (χ4n) is 5.46. The first-order valence-corrected chi connectivity index (χ1v) is 15.1. The molecule has 0 bridgehead atoms. The predicted octanol–water partition coefficient (Wildman–Crippen LogP) is 4.49. The molecule has 3 aromatic rings. The third kappa shape index (κ3) is 6.27. The summed E-state index contributed by atoms with van der Waals surface area (Å²) >= 11 is 3.75. The van der Waals surface area contributed by atoms with Crippen molar-refractivity contribution in [3.05, 3.63) is 84.9 Å². The molecule has 2 unspecified atom stereocenters. The fraction of sp³-hybridized carbons (Fsp3) is 0.414. The van der Waals surface area contributed by atoms with Crippen LogP contribution in [0.3, 0.4) is 0 Å². The zero-order chi connectivity index (χ0) is 26.6. The molecular weight excluding hydrogens is 611 g/mol. The van der Waals surface area contributed by atoms with E-state index < -0.39 is 12.1 Å². The molecule has 1 aromatic heterocycles. The zero-order valence-corrected chi connectivity index (χ0v) is 24.4. The van der Waals surface area contributed by atoms with E-state index in [9.17, 15) is 14.7 Å². The maximum Gasteiger partial charge on any atom is 0.254 e. The lowest BCUT2D eigenvalue weighted by Crippen LogP contribution is -2.52. The molecule has 9 heteroatoms. The van der Waals surface area contributed by atoms with Crippen molar-refractivity contribution in [2.75, 3.05) is 13.1 Å². The van der Waals surface area contributed by atoms with Gasteiger partial charge in [0.15, 0.2) is 0 Å². The van der Waals surface area contributed by atoms with Crippen LogP contribution in [0.15, 0.2) is 53.9 Å². The van der Waals surface area contributed by atoms with Gasteiger partial charge in [-0.2, -0.15) is 0 Å². The number of aliphatic hydroxyl groups is 1. The monoisotopic (exact) mass is 644 g/mol. The van der Waals surface area contributed by atoms with Crippen LogP contribution < -0.4 is 10.6 Å². The SMILES string of the molecule is Cc1csc(C2CCCN2C(=O)c2cc(I)cc(C(=O)N[C@@H](Cc3ccccc3)[C@H](O)C3CCCN3)c2)n1. The Labute approximate surface area is 241 Å². The molecule has 5 rings (SSSR count). The molecule has 0 spiro atoms. The Kier molecular flexibility index (Phi) is 8.77. The highest BCUT2D eigenvalue weighted by Gasteiger charge is 2.34. The smallest absolute Gasteiger partial charge is 0.254 e. The Balaban J connectivity index is 1.36. The third-order valence-corrected chi connectivity index (χ3v) is 9.07. The van der Waals surface area contributed by atoms with Gasteiger partial charge < -0.3 is 20.6 Å². The summed E-state index contributed by atoms with van der Waals surface area (Å²) in [6, 6.07) is 14.7. The highest BCUT2D eigenvalue weighted by atomic mass is 127. The quantitative estimate of drug-likeness (QED) is 0.315. The van der Waals surface area contributed by atoms with Gasteiger partial charge in [-0.25, -0.2) is 4.98 Å². The number of nitrogens with zero attached hydrogens (tertiary/aromatic N) is 2. The molecule has 2 aliphatic rings. The number of aromatic nitrogens is 1. The van der Waals surface area contributed by atoms with E-state index in [4.69, 9.17) is 0 Å². The standard InChI is InChI=1S/C29H33IN4O3S/c1-18-17-38-28(32-18)25-10-6-12-34(25)29(37)21-14-20(15-22(30)16-21)27(36)33-24(13-19-7-3-2-4-8-19)26(35)23-9-5-11-31-23/h2-4,7-8,14-17,23-26,31,35H,5-6,9-13H2,1H3,(H,33,36)/t23?,24-,25?,26+/m0/s1. The number of hydrogen-bond acceptors (Lipinski definition) is 6. The molecule has 38 heavy (non-hydrogen) atoms. The molecule has 0 aliphatic carbocycles. The van der Waals surface area contributed by atoms with Gasteiger partial charge >= 0.3 is 0 Å². The van der Waals surface area contributed by atoms with E-state index in [1.807, 2.05) is 53.6 Å². The summed E-state index contributed by atoms with van der Waals surface area (Å²) in [6.07, 6.45) is 3.50. The minimum atomic E-state index is -0.724. The summed E-state index contributed by atoms with van der Waals surface area (Å²) in [6.45, 7) is 3.51. The van der Waals surface area contributed by atoms with Crippen molar-refractivity contribution in [3.63, 3.8) is 0 Å². The normalized spacial score (nSPS) is 20.9. The fourth-order valence-corrected chi connectivity index (χ4v) is 7.08. The molecule has 7 nitrogen and oxygen atoms in total. The number of aliphatic hydroxyl groups excluding tert-OH is 1. The number of aryl methyl sites for hydroxylation is 1. The lowest BCUT2D eigenvalue weighted by molar-refractivity contribution is 0.0733. The maximum absolute atomic E-state index is 13.6. The van der Waals surface area contributed by atoms with Crippen molar-refractivity contribution < 1.29 is 14.7 Å². The molecule has 2 saturated heterocycles. The van der Waals surface area contributed by atoms with Gasteiger partial charge in [0.2, 0.25) is 0 Å². The average molecular weight is 645 g/mol. The van der Waals surface area contributed by atoms with E-state index in [1.54, 1.807) is 23.5 Å². The molecule has 2 amide bonds. The van der Waals surface area contributed by atoms with Crippen LogP contribution in [0, 0.1) is 10.5 Å². The van der Waals surface area contributed by atoms with Crippen molar-refractivity contribution in [2.45, 2.75) is 63.3 Å². The van der Waals surface area contributed by atoms with Crippen LogP contribution in [0.25, 0.3) is 0 Å². The molecule has 4 atom stereocenters. The number of thiazole rings is 1. The Bertz CT molecular complexity index is 1280. The second-order valence-corrected chi connectivity index (χ2v) is 12.3. The van der Waals surface area contributed by atoms with Gasteiger partial charge in [-0.15, -0.1) is 11.3 Å². The average Bonchev–Trinajstić information content (AvgIpc) is 3.69. The van der Waals surface area contributed by atoms with Crippen LogP contribution in [0.2, 0.25) is 0 Å². The van der Waals surface area contributed by atoms with Gasteiger partial charge in [-0.3, -0.25) is 9.59 Å². The Morgan fingerprint density at radius 2 is 1.97 bits per heavy atom. The Morgan fingerprint density at radius 3 is 2.68 bits per heavy atom. The first-order chi connectivity index (χ1) is 18.4. The number of hydrogen-bond donors (Lipinski definition) is 3. The van der Waals surface area contributed by atoms with Crippen molar-refractivity contribution in [2.24, 2.45) is 0 Å². The second kappa shape index (κ2) is 12.2. The van der Waals surface area contributed by atoms with Crippen LogP contribution in [0.4, 0.5) is 0 Å². The molecule has 2 fully saturated rings. The summed E-state index contributed by atoms with van der Waals surface area (Å²) in [5.74, 6) is -0.368. The van der Waals surface area contributed by atoms with E-state index in [-0.39, 0.29) is 23.9 Å². The minimum Gasteiger partial charge on any atom is -0.389 e. The molecular formula is C29H33IN4O3S. The second-order valence-electron chi connectivity index (χ2n) is 10.2. The molecule has 2 aromatic carbocycles. The van der Waals surface area contributed by atoms with E-state index in [2.05, 4.69) is 38.2 Å². The van der Waals surface area contributed by atoms with E-state index in [0.29, 0.717) is 24.1 Å². The molecule has 0 radical (unpaired) electrons. The summed E-state index contributed by atoms with van der Waals surface area (Å²) in [7, 11) is 0. The summed E-state index contributed by atoms with van der Waals surface area (Å²) in [5, 5.41) is 20.6. The molecule has 3 heterocycles. The van der Waals surface area contributed by atoms with Gasteiger partial charge in [0.1, 0.15) is 5.01 Å². The van der Waals surface area contributed by atoms with Gasteiger partial charge in [0.05, 0.1) is 18.2 Å². The van der Waals surface area contributed by atoms with Crippen molar-refractivity contribution in [1.29, 1.82) is 0 Å². The van der Waals surface area contributed by atoms with E-state index >= 15 is 0 Å². The topological polar surface area (TPSA) is 94.6 Å². The third-order valence-electron chi connectivity index (χ3n) is 7.38. The molecule has 200 valence electrons. The van der Waals surface area contributed by atoms with Crippen LogP contribution >= 0.6 is 33.9 Å². The number of rotatable bonds is 8. The van der Waals surface area contributed by atoms with Crippen molar-refractivity contribution in [3.8, 4) is 0 Å². The van der Waals surface area contributed by atoms with E-state index in [1.165, 1.54) is 0 Å². The van der Waals surface area contributed by atoms with Gasteiger partial charge in [0, 0.05) is 38.4 Å². The number of benzene rings is 2. The maximum atomic E-state index is 13.6. The lowest BCUT2D eigenvalue weighted by atomic mass is 9.95. The van der Waals surface area contributed by atoms with Crippen LogP contribution in [0.1, 0.15) is 68.7 Å². The first-order valence-electron chi connectivity index (χ1n) is 13.2. The van der Waals surface area contributed by atoms with Gasteiger partial charge in [0.25, 0.3) is 11.8 Å². The van der Waals surface area contributed by atoms with Gasteiger partial charge in [-0.1, -0.05) is 30.3 Å². The number of amides is 2.